The standard InChI is InChI=1S/C8H14N2/c1-6-4-3-5-7(9)8(6,2)10/h3-6H,9-10H2,1-2H3. The summed E-state index contributed by atoms with van der Waals surface area (Å²) >= 11 is 0. The molecule has 4 N–H and O–H groups in total. The summed E-state index contributed by atoms with van der Waals surface area (Å²) < 4.78 is 0. The maximum absolute atomic E-state index is 5.92. The van der Waals surface area contributed by atoms with Crippen LogP contribution in [-0.2, 0) is 0 Å². The molecule has 2 heteroatoms. The first-order valence-corrected chi connectivity index (χ1v) is 3.48. The second kappa shape index (κ2) is 2.13. The summed E-state index contributed by atoms with van der Waals surface area (Å²) in [7, 11) is 0. The maximum atomic E-state index is 5.92. The van der Waals surface area contributed by atoms with Crippen molar-refractivity contribution in [2.24, 2.45) is 17.4 Å². The van der Waals surface area contributed by atoms with Gasteiger partial charge in [-0.3, -0.25) is 0 Å². The van der Waals surface area contributed by atoms with Crippen LogP contribution in [0.4, 0.5) is 0 Å². The van der Waals surface area contributed by atoms with Gasteiger partial charge in [-0.25, -0.2) is 0 Å². The third kappa shape index (κ3) is 0.948. The largest absolute Gasteiger partial charge is 0.401 e. The highest BCUT2D eigenvalue weighted by atomic mass is 14.8. The first-order valence-electron chi connectivity index (χ1n) is 3.48. The van der Waals surface area contributed by atoms with Crippen molar-refractivity contribution in [3.63, 3.8) is 0 Å². The molecule has 10 heavy (non-hydrogen) atoms. The lowest BCUT2D eigenvalue weighted by Gasteiger charge is -2.32. The van der Waals surface area contributed by atoms with Crippen LogP contribution in [0.25, 0.3) is 0 Å². The van der Waals surface area contributed by atoms with Gasteiger partial charge in [0.05, 0.1) is 5.54 Å². The second-order valence-corrected chi connectivity index (χ2v) is 3.08. The van der Waals surface area contributed by atoms with E-state index in [1.54, 1.807) is 0 Å². The molecule has 0 saturated carbocycles. The molecular weight excluding hydrogens is 124 g/mol. The molecule has 0 aromatic heterocycles. The highest BCUT2D eigenvalue weighted by Gasteiger charge is 2.28. The molecule has 2 nitrogen and oxygen atoms in total. The summed E-state index contributed by atoms with van der Waals surface area (Å²) in [4.78, 5) is 0. The first kappa shape index (κ1) is 7.35. The van der Waals surface area contributed by atoms with Gasteiger partial charge in [0.15, 0.2) is 0 Å². The third-order valence-electron chi connectivity index (χ3n) is 2.24. The van der Waals surface area contributed by atoms with Crippen molar-refractivity contribution < 1.29 is 0 Å². The predicted molar refractivity (Wildman–Crippen MR) is 43.2 cm³/mol. The number of hydrogen-bond donors (Lipinski definition) is 2. The summed E-state index contributed by atoms with van der Waals surface area (Å²) in [6.07, 6.45) is 5.88. The van der Waals surface area contributed by atoms with Gasteiger partial charge in [-0.2, -0.15) is 0 Å². The van der Waals surface area contributed by atoms with Crippen molar-refractivity contribution in [3.8, 4) is 0 Å². The van der Waals surface area contributed by atoms with Crippen LogP contribution in [-0.4, -0.2) is 5.54 Å². The van der Waals surface area contributed by atoms with E-state index in [-0.39, 0.29) is 5.54 Å². The average Bonchev–Trinajstić information content (AvgIpc) is 1.84. The lowest BCUT2D eigenvalue weighted by Crippen LogP contribution is -2.47. The van der Waals surface area contributed by atoms with Crippen LogP contribution in [0, 0.1) is 5.92 Å². The molecule has 1 aliphatic rings. The molecule has 0 spiro atoms. The smallest absolute Gasteiger partial charge is 0.0588 e. The molecule has 0 aromatic rings. The lowest BCUT2D eigenvalue weighted by molar-refractivity contribution is 0.425. The topological polar surface area (TPSA) is 52.0 Å². The normalized spacial score (nSPS) is 39.5. The Kier molecular flexibility index (Phi) is 1.57. The zero-order chi connectivity index (χ0) is 7.78. The van der Waals surface area contributed by atoms with Crippen molar-refractivity contribution in [1.29, 1.82) is 0 Å². The summed E-state index contributed by atoms with van der Waals surface area (Å²) in [6, 6.07) is 0. The number of hydrogen-bond acceptors (Lipinski definition) is 2. The van der Waals surface area contributed by atoms with Gasteiger partial charge < -0.3 is 11.5 Å². The van der Waals surface area contributed by atoms with Crippen LogP contribution in [0.5, 0.6) is 0 Å². The van der Waals surface area contributed by atoms with E-state index >= 15 is 0 Å². The molecule has 0 radical (unpaired) electrons. The van der Waals surface area contributed by atoms with Gasteiger partial charge in [0.25, 0.3) is 0 Å². The van der Waals surface area contributed by atoms with E-state index in [2.05, 4.69) is 13.0 Å². The number of allylic oxidation sites excluding steroid dienone is 2. The molecule has 0 heterocycles. The molecule has 0 aromatic carbocycles. The highest BCUT2D eigenvalue weighted by Crippen LogP contribution is 2.24. The van der Waals surface area contributed by atoms with Crippen LogP contribution in [0.1, 0.15) is 13.8 Å². The Hall–Kier alpha value is -0.760. The minimum Gasteiger partial charge on any atom is -0.401 e. The monoisotopic (exact) mass is 138 g/mol. The van der Waals surface area contributed by atoms with E-state index < -0.39 is 0 Å². The molecule has 56 valence electrons. The Morgan fingerprint density at radius 3 is 2.60 bits per heavy atom. The summed E-state index contributed by atoms with van der Waals surface area (Å²) in [6.45, 7) is 4.02. The zero-order valence-electron chi connectivity index (χ0n) is 6.46. The van der Waals surface area contributed by atoms with Crippen LogP contribution in [0.15, 0.2) is 23.9 Å². The minimum atomic E-state index is -0.352. The van der Waals surface area contributed by atoms with Gasteiger partial charge in [0, 0.05) is 5.70 Å². The maximum Gasteiger partial charge on any atom is 0.0588 e. The first-order chi connectivity index (χ1) is 4.55. The van der Waals surface area contributed by atoms with E-state index in [9.17, 15) is 0 Å². The Balaban J connectivity index is 2.93. The fourth-order valence-electron chi connectivity index (χ4n) is 0.968. The van der Waals surface area contributed by atoms with E-state index in [1.807, 2.05) is 19.1 Å². The SMILES string of the molecule is CC1C=CC=C(N)C1(C)N. The predicted octanol–water partition coefficient (Wildman–Crippen LogP) is 0.752. The van der Waals surface area contributed by atoms with Crippen LogP contribution >= 0.6 is 0 Å². The third-order valence-corrected chi connectivity index (χ3v) is 2.24. The quantitative estimate of drug-likeness (QED) is 0.519. The Labute approximate surface area is 61.6 Å². The summed E-state index contributed by atoms with van der Waals surface area (Å²) in [5.74, 6) is 0.331. The molecule has 2 atom stereocenters. The Morgan fingerprint density at radius 1 is 1.60 bits per heavy atom. The molecule has 0 amide bonds. The van der Waals surface area contributed by atoms with Crippen molar-refractivity contribution in [2.75, 3.05) is 0 Å². The van der Waals surface area contributed by atoms with Gasteiger partial charge >= 0.3 is 0 Å². The van der Waals surface area contributed by atoms with E-state index in [0.29, 0.717) is 5.92 Å². The summed E-state index contributed by atoms with van der Waals surface area (Å²) in [5.41, 5.74) is 12.0. The van der Waals surface area contributed by atoms with Crippen LogP contribution in [0.3, 0.4) is 0 Å². The van der Waals surface area contributed by atoms with Crippen molar-refractivity contribution in [3.05, 3.63) is 23.9 Å². The number of nitrogens with two attached hydrogens (primary N) is 2. The van der Waals surface area contributed by atoms with Crippen molar-refractivity contribution in [2.45, 2.75) is 19.4 Å². The molecule has 1 rings (SSSR count). The van der Waals surface area contributed by atoms with Gasteiger partial charge in [-0.05, 0) is 18.9 Å². The second-order valence-electron chi connectivity index (χ2n) is 3.08. The molecule has 0 fully saturated rings. The Morgan fingerprint density at radius 2 is 2.20 bits per heavy atom. The minimum absolute atomic E-state index is 0.331. The fourth-order valence-corrected chi connectivity index (χ4v) is 0.968. The van der Waals surface area contributed by atoms with Gasteiger partial charge in [0.1, 0.15) is 0 Å². The zero-order valence-corrected chi connectivity index (χ0v) is 6.46. The average molecular weight is 138 g/mol. The molecule has 0 saturated heterocycles. The number of rotatable bonds is 0. The Bertz CT molecular complexity index is 189. The fraction of sp³-hybridized carbons (Fsp3) is 0.500. The lowest BCUT2D eigenvalue weighted by atomic mass is 9.82. The van der Waals surface area contributed by atoms with Crippen LogP contribution in [0.2, 0.25) is 0 Å². The van der Waals surface area contributed by atoms with Gasteiger partial charge in [0.2, 0.25) is 0 Å². The van der Waals surface area contributed by atoms with Gasteiger partial charge in [-0.1, -0.05) is 19.1 Å². The van der Waals surface area contributed by atoms with Gasteiger partial charge in [-0.15, -0.1) is 0 Å². The van der Waals surface area contributed by atoms with E-state index in [0.717, 1.165) is 5.70 Å². The molecule has 0 bridgehead atoms. The van der Waals surface area contributed by atoms with Crippen LogP contribution < -0.4 is 11.5 Å². The van der Waals surface area contributed by atoms with E-state index in [1.165, 1.54) is 0 Å². The molecule has 1 aliphatic carbocycles. The highest BCUT2D eigenvalue weighted by molar-refractivity contribution is 5.28. The van der Waals surface area contributed by atoms with Crippen molar-refractivity contribution in [1.82, 2.24) is 0 Å². The summed E-state index contributed by atoms with van der Waals surface area (Å²) in [5, 5.41) is 0. The molecule has 0 aliphatic heterocycles. The molecular formula is C8H14N2. The molecule has 2 unspecified atom stereocenters. The van der Waals surface area contributed by atoms with E-state index in [4.69, 9.17) is 11.5 Å². The van der Waals surface area contributed by atoms with Crippen molar-refractivity contribution >= 4 is 0 Å².